The summed E-state index contributed by atoms with van der Waals surface area (Å²) in [6.07, 6.45) is 1.67. The molecule has 8 heteroatoms. The molecule has 0 unspecified atom stereocenters. The lowest BCUT2D eigenvalue weighted by Gasteiger charge is -1.96. The molecule has 0 atom stereocenters. The third-order valence-electron chi connectivity index (χ3n) is 1.18. The summed E-state index contributed by atoms with van der Waals surface area (Å²) in [7, 11) is -3.86. The van der Waals surface area contributed by atoms with Crippen molar-refractivity contribution in [3.8, 4) is 0 Å². The second-order valence-electron chi connectivity index (χ2n) is 2.21. The molecule has 1 aromatic heterocycles. The van der Waals surface area contributed by atoms with Crippen LogP contribution >= 0.6 is 0 Å². The van der Waals surface area contributed by atoms with E-state index >= 15 is 0 Å². The molecule has 0 spiro atoms. The lowest BCUT2D eigenvalue weighted by molar-refractivity contribution is 0.475. The molecule has 1 heterocycles. The van der Waals surface area contributed by atoms with Crippen LogP contribution in [0.5, 0.6) is 0 Å². The molecule has 0 aliphatic carbocycles. The van der Waals surface area contributed by atoms with Gasteiger partial charge in [-0.2, -0.15) is 8.42 Å². The zero-order valence-corrected chi connectivity index (χ0v) is 6.98. The number of nitrogens with zero attached hydrogens (tertiary/aromatic N) is 4. The van der Waals surface area contributed by atoms with E-state index in [1.165, 1.54) is 11.0 Å². The molecule has 0 aromatic carbocycles. The highest BCUT2D eigenvalue weighted by Gasteiger charge is 2.03. The highest BCUT2D eigenvalue weighted by Crippen LogP contribution is 1.90. The highest BCUT2D eigenvalue weighted by atomic mass is 32.2. The zero-order valence-electron chi connectivity index (χ0n) is 6.16. The van der Waals surface area contributed by atoms with Gasteiger partial charge >= 0.3 is 0 Å². The Bertz CT molecular complexity index is 318. The summed E-state index contributed by atoms with van der Waals surface area (Å²) in [5.41, 5.74) is 0. The minimum atomic E-state index is -3.86. The highest BCUT2D eigenvalue weighted by molar-refractivity contribution is 7.85. The van der Waals surface area contributed by atoms with Gasteiger partial charge in [0, 0.05) is 6.54 Å². The van der Waals surface area contributed by atoms with Gasteiger partial charge in [0.25, 0.3) is 10.1 Å². The van der Waals surface area contributed by atoms with Gasteiger partial charge in [0.1, 0.15) is 6.33 Å². The normalized spacial score (nSPS) is 11.8. The molecule has 0 aliphatic rings. The van der Waals surface area contributed by atoms with Gasteiger partial charge in [0.05, 0.1) is 5.75 Å². The molecule has 0 fully saturated rings. The molecule has 0 saturated heterocycles. The van der Waals surface area contributed by atoms with Crippen molar-refractivity contribution < 1.29 is 13.0 Å². The van der Waals surface area contributed by atoms with E-state index in [1.807, 2.05) is 0 Å². The predicted molar refractivity (Wildman–Crippen MR) is 38.8 cm³/mol. The summed E-state index contributed by atoms with van der Waals surface area (Å²) in [4.78, 5) is 0. The van der Waals surface area contributed by atoms with Gasteiger partial charge in [0.15, 0.2) is 0 Å². The summed E-state index contributed by atoms with van der Waals surface area (Å²) in [6.45, 7) is 0.382. The summed E-state index contributed by atoms with van der Waals surface area (Å²) < 4.78 is 30.3. The molecule has 0 aliphatic heterocycles. The average molecular weight is 192 g/mol. The summed E-state index contributed by atoms with van der Waals surface area (Å²) in [5, 5.41) is 10.2. The summed E-state index contributed by atoms with van der Waals surface area (Å²) >= 11 is 0. The predicted octanol–water partition coefficient (Wildman–Crippen LogP) is -1.05. The fourth-order valence-corrected chi connectivity index (χ4v) is 1.19. The van der Waals surface area contributed by atoms with Crippen LogP contribution in [0.15, 0.2) is 6.33 Å². The molecule has 68 valence electrons. The standard InChI is InChI=1S/C4H8N4O3S/c9-12(10,11)3-1-2-8-4-5-6-7-8/h4H,1-3H2,(H,9,10,11). The largest absolute Gasteiger partial charge is 0.286 e. The van der Waals surface area contributed by atoms with Gasteiger partial charge in [-0.25, -0.2) is 4.68 Å². The Morgan fingerprint density at radius 2 is 2.25 bits per heavy atom. The number of tetrazole rings is 1. The van der Waals surface area contributed by atoms with Crippen molar-refractivity contribution in [1.29, 1.82) is 0 Å². The van der Waals surface area contributed by atoms with Crippen LogP contribution in [0.25, 0.3) is 0 Å². The first-order valence-electron chi connectivity index (χ1n) is 3.24. The van der Waals surface area contributed by atoms with Crippen LogP contribution in [0.3, 0.4) is 0 Å². The topological polar surface area (TPSA) is 98.0 Å². The number of hydrogen-bond donors (Lipinski definition) is 1. The maximum atomic E-state index is 10.3. The van der Waals surface area contributed by atoms with E-state index in [-0.39, 0.29) is 5.75 Å². The van der Waals surface area contributed by atoms with Gasteiger partial charge in [-0.3, -0.25) is 4.55 Å². The van der Waals surface area contributed by atoms with E-state index in [9.17, 15) is 8.42 Å². The Kier molecular flexibility index (Phi) is 2.71. The molecule has 0 amide bonds. The number of rotatable bonds is 4. The van der Waals surface area contributed by atoms with Gasteiger partial charge in [-0.05, 0) is 16.8 Å². The van der Waals surface area contributed by atoms with Crippen molar-refractivity contribution in [2.45, 2.75) is 13.0 Å². The van der Waals surface area contributed by atoms with Crippen LogP contribution in [0, 0.1) is 0 Å². The quantitative estimate of drug-likeness (QED) is 0.611. The Balaban J connectivity index is 2.29. The lowest BCUT2D eigenvalue weighted by Crippen LogP contribution is -2.08. The molecule has 0 saturated carbocycles. The van der Waals surface area contributed by atoms with Crippen molar-refractivity contribution >= 4 is 10.1 Å². The molecule has 0 radical (unpaired) electrons. The Morgan fingerprint density at radius 3 is 2.75 bits per heavy atom. The number of aromatic nitrogens is 4. The van der Waals surface area contributed by atoms with Gasteiger partial charge in [-0.15, -0.1) is 5.10 Å². The zero-order chi connectivity index (χ0) is 9.03. The first kappa shape index (κ1) is 9.07. The monoisotopic (exact) mass is 192 g/mol. The second-order valence-corrected chi connectivity index (χ2v) is 3.78. The van der Waals surface area contributed by atoms with Crippen LogP contribution < -0.4 is 0 Å². The summed E-state index contributed by atoms with van der Waals surface area (Å²) in [6, 6.07) is 0. The van der Waals surface area contributed by atoms with Crippen LogP contribution in [-0.4, -0.2) is 38.9 Å². The molecule has 1 aromatic rings. The van der Waals surface area contributed by atoms with Crippen molar-refractivity contribution in [2.24, 2.45) is 0 Å². The maximum absolute atomic E-state index is 10.3. The smallest absolute Gasteiger partial charge is 0.264 e. The summed E-state index contributed by atoms with van der Waals surface area (Å²) in [5.74, 6) is -0.271. The van der Waals surface area contributed by atoms with Crippen molar-refractivity contribution in [1.82, 2.24) is 20.2 Å². The third kappa shape index (κ3) is 3.39. The van der Waals surface area contributed by atoms with Gasteiger partial charge in [-0.1, -0.05) is 0 Å². The lowest BCUT2D eigenvalue weighted by atomic mass is 10.5. The fourth-order valence-electron chi connectivity index (χ4n) is 0.692. The van der Waals surface area contributed by atoms with Gasteiger partial charge < -0.3 is 0 Å². The number of hydrogen-bond acceptors (Lipinski definition) is 5. The van der Waals surface area contributed by atoms with Gasteiger partial charge in [0.2, 0.25) is 0 Å². The van der Waals surface area contributed by atoms with Crippen molar-refractivity contribution in [2.75, 3.05) is 5.75 Å². The minimum absolute atomic E-state index is 0.271. The van der Waals surface area contributed by atoms with E-state index in [1.54, 1.807) is 0 Å². The fraction of sp³-hybridized carbons (Fsp3) is 0.750. The molecule has 0 bridgehead atoms. The second kappa shape index (κ2) is 3.59. The van der Waals surface area contributed by atoms with Crippen molar-refractivity contribution in [3.63, 3.8) is 0 Å². The van der Waals surface area contributed by atoms with E-state index in [0.717, 1.165) is 0 Å². The molecular formula is C4H8N4O3S. The Labute approximate surface area is 69.1 Å². The molecule has 1 N–H and O–H groups in total. The van der Waals surface area contributed by atoms with Crippen molar-refractivity contribution in [3.05, 3.63) is 6.33 Å². The van der Waals surface area contributed by atoms with Crippen LogP contribution in [0.2, 0.25) is 0 Å². The maximum Gasteiger partial charge on any atom is 0.264 e. The Hall–Kier alpha value is -1.02. The first-order valence-corrected chi connectivity index (χ1v) is 4.85. The molecular weight excluding hydrogens is 184 g/mol. The average Bonchev–Trinajstić information content (AvgIpc) is 2.36. The molecule has 7 nitrogen and oxygen atoms in total. The van der Waals surface area contributed by atoms with Crippen LogP contribution in [-0.2, 0) is 16.7 Å². The molecule has 1 rings (SSSR count). The van der Waals surface area contributed by atoms with E-state index in [4.69, 9.17) is 4.55 Å². The van der Waals surface area contributed by atoms with Crippen LogP contribution in [0.1, 0.15) is 6.42 Å². The minimum Gasteiger partial charge on any atom is -0.286 e. The van der Waals surface area contributed by atoms with E-state index in [2.05, 4.69) is 15.5 Å². The Morgan fingerprint density at radius 1 is 1.50 bits per heavy atom. The van der Waals surface area contributed by atoms with Crippen LogP contribution in [0.4, 0.5) is 0 Å². The van der Waals surface area contributed by atoms with E-state index in [0.29, 0.717) is 13.0 Å². The first-order chi connectivity index (χ1) is 5.58. The van der Waals surface area contributed by atoms with E-state index < -0.39 is 10.1 Å². The SMILES string of the molecule is O=S(=O)(O)CCCn1cnnn1. The third-order valence-corrected chi connectivity index (χ3v) is 1.99. The number of aryl methyl sites for hydroxylation is 1. The molecule has 12 heavy (non-hydrogen) atoms.